The number of carbonyl (C=O) groups is 1. The van der Waals surface area contributed by atoms with E-state index < -0.39 is 13.0 Å². The number of Topliss-reactive ketones (excluding diaryl/α,β-unsaturated/α-hetero) is 1. The van der Waals surface area contributed by atoms with Gasteiger partial charge in [-0.05, 0) is 24.8 Å². The summed E-state index contributed by atoms with van der Waals surface area (Å²) in [6.07, 6.45) is -3.17. The number of benzene rings is 1. The normalized spacial score (nSPS) is 19.7. The standard InChI is InChI=1S/C13H13F3O2/c14-13(15,16)18-8-7-10-6-5-9-3-1-2-4-11(9)12(10)17/h1-4,10H,5-8H2. The quantitative estimate of drug-likeness (QED) is 0.831. The van der Waals surface area contributed by atoms with Crippen LogP contribution in [0.5, 0.6) is 0 Å². The molecule has 0 radical (unpaired) electrons. The van der Waals surface area contributed by atoms with Crippen LogP contribution < -0.4 is 0 Å². The molecule has 2 nitrogen and oxygen atoms in total. The predicted molar refractivity (Wildman–Crippen MR) is 59.2 cm³/mol. The number of aryl methyl sites for hydroxylation is 1. The van der Waals surface area contributed by atoms with Gasteiger partial charge in [0.1, 0.15) is 0 Å². The van der Waals surface area contributed by atoms with E-state index in [4.69, 9.17) is 0 Å². The highest BCUT2D eigenvalue weighted by Gasteiger charge is 2.31. The Morgan fingerprint density at radius 1 is 1.28 bits per heavy atom. The number of rotatable bonds is 3. The SMILES string of the molecule is O=C1c2ccccc2CCC1CCOC(F)(F)F. The van der Waals surface area contributed by atoms with E-state index in [0.717, 1.165) is 12.0 Å². The van der Waals surface area contributed by atoms with E-state index in [0.29, 0.717) is 12.0 Å². The average molecular weight is 258 g/mol. The van der Waals surface area contributed by atoms with Gasteiger partial charge >= 0.3 is 6.36 Å². The van der Waals surface area contributed by atoms with Crippen molar-refractivity contribution in [3.05, 3.63) is 35.4 Å². The molecule has 98 valence electrons. The zero-order chi connectivity index (χ0) is 13.2. The lowest BCUT2D eigenvalue weighted by Crippen LogP contribution is -2.25. The Kier molecular flexibility index (Phi) is 3.71. The van der Waals surface area contributed by atoms with Crippen LogP contribution in [0.25, 0.3) is 0 Å². The summed E-state index contributed by atoms with van der Waals surface area (Å²) in [5, 5.41) is 0. The van der Waals surface area contributed by atoms with Gasteiger partial charge in [-0.1, -0.05) is 24.3 Å². The third-order valence-corrected chi connectivity index (χ3v) is 3.15. The maximum Gasteiger partial charge on any atom is 0.522 e. The van der Waals surface area contributed by atoms with Crippen LogP contribution in [0.15, 0.2) is 24.3 Å². The predicted octanol–water partition coefficient (Wildman–Crippen LogP) is 3.36. The van der Waals surface area contributed by atoms with Gasteiger partial charge < -0.3 is 0 Å². The highest BCUT2D eigenvalue weighted by molar-refractivity contribution is 6.00. The Labute approximate surface area is 103 Å². The van der Waals surface area contributed by atoms with Crippen LogP contribution in [-0.2, 0) is 11.2 Å². The van der Waals surface area contributed by atoms with Crippen LogP contribution in [0.3, 0.4) is 0 Å². The highest BCUT2D eigenvalue weighted by Crippen LogP contribution is 2.28. The molecule has 1 atom stereocenters. The molecule has 1 aliphatic carbocycles. The molecule has 1 unspecified atom stereocenters. The molecular formula is C13H13F3O2. The second kappa shape index (κ2) is 5.10. The van der Waals surface area contributed by atoms with E-state index in [1.807, 2.05) is 12.1 Å². The van der Waals surface area contributed by atoms with Crippen molar-refractivity contribution >= 4 is 5.78 Å². The lowest BCUT2D eigenvalue weighted by molar-refractivity contribution is -0.325. The minimum Gasteiger partial charge on any atom is -0.294 e. The van der Waals surface area contributed by atoms with Gasteiger partial charge in [-0.15, -0.1) is 13.2 Å². The fourth-order valence-electron chi connectivity index (χ4n) is 2.25. The summed E-state index contributed by atoms with van der Waals surface area (Å²) in [5.74, 6) is -0.426. The fraction of sp³-hybridized carbons (Fsp3) is 0.462. The van der Waals surface area contributed by atoms with E-state index in [-0.39, 0.29) is 18.1 Å². The average Bonchev–Trinajstić information content (AvgIpc) is 2.31. The van der Waals surface area contributed by atoms with Gasteiger partial charge in [0.05, 0.1) is 6.61 Å². The third-order valence-electron chi connectivity index (χ3n) is 3.15. The largest absolute Gasteiger partial charge is 0.522 e. The summed E-state index contributed by atoms with van der Waals surface area (Å²) < 4.78 is 39.2. The number of fused-ring (bicyclic) bond motifs is 1. The van der Waals surface area contributed by atoms with Gasteiger partial charge in [-0.3, -0.25) is 9.53 Å². The van der Waals surface area contributed by atoms with Crippen LogP contribution in [0.2, 0.25) is 0 Å². The molecule has 0 amide bonds. The van der Waals surface area contributed by atoms with E-state index in [1.54, 1.807) is 12.1 Å². The number of ether oxygens (including phenoxy) is 1. The molecule has 0 aliphatic heterocycles. The van der Waals surface area contributed by atoms with E-state index in [2.05, 4.69) is 4.74 Å². The lowest BCUT2D eigenvalue weighted by atomic mass is 9.81. The molecule has 0 spiro atoms. The van der Waals surface area contributed by atoms with E-state index in [1.165, 1.54) is 0 Å². The van der Waals surface area contributed by atoms with Gasteiger partial charge in [0.2, 0.25) is 0 Å². The van der Waals surface area contributed by atoms with Crippen molar-refractivity contribution in [2.75, 3.05) is 6.61 Å². The van der Waals surface area contributed by atoms with Crippen molar-refractivity contribution < 1.29 is 22.7 Å². The van der Waals surface area contributed by atoms with Crippen molar-refractivity contribution in [1.82, 2.24) is 0 Å². The first-order valence-corrected chi connectivity index (χ1v) is 5.80. The summed E-state index contributed by atoms with van der Waals surface area (Å²) in [4.78, 5) is 12.0. The Hall–Kier alpha value is -1.36. The number of ketones is 1. The molecule has 1 aromatic carbocycles. The maximum atomic E-state index is 12.0. The molecule has 0 N–H and O–H groups in total. The summed E-state index contributed by atoms with van der Waals surface area (Å²) >= 11 is 0. The molecule has 0 saturated carbocycles. The monoisotopic (exact) mass is 258 g/mol. The van der Waals surface area contributed by atoms with Crippen LogP contribution in [0.4, 0.5) is 13.2 Å². The number of carbonyl (C=O) groups excluding carboxylic acids is 1. The van der Waals surface area contributed by atoms with Gasteiger partial charge in [0, 0.05) is 11.5 Å². The Morgan fingerprint density at radius 3 is 2.72 bits per heavy atom. The van der Waals surface area contributed by atoms with Crippen molar-refractivity contribution in [2.24, 2.45) is 5.92 Å². The first kappa shape index (κ1) is 13.1. The summed E-state index contributed by atoms with van der Waals surface area (Å²) in [6.45, 7) is -0.456. The first-order valence-electron chi connectivity index (χ1n) is 5.80. The molecule has 0 heterocycles. The topological polar surface area (TPSA) is 26.3 Å². The second-order valence-corrected chi connectivity index (χ2v) is 4.34. The molecule has 0 bridgehead atoms. The number of halogens is 3. The lowest BCUT2D eigenvalue weighted by Gasteiger charge is -2.23. The molecule has 0 saturated heterocycles. The molecule has 5 heteroatoms. The number of hydrogen-bond acceptors (Lipinski definition) is 2. The highest BCUT2D eigenvalue weighted by atomic mass is 19.4. The van der Waals surface area contributed by atoms with Crippen molar-refractivity contribution in [3.8, 4) is 0 Å². The van der Waals surface area contributed by atoms with Crippen LogP contribution in [0, 0.1) is 5.92 Å². The Bertz CT molecular complexity index is 440. The van der Waals surface area contributed by atoms with Crippen LogP contribution >= 0.6 is 0 Å². The van der Waals surface area contributed by atoms with Gasteiger partial charge in [0.25, 0.3) is 0 Å². The van der Waals surface area contributed by atoms with Crippen LogP contribution in [0.1, 0.15) is 28.8 Å². The van der Waals surface area contributed by atoms with Crippen molar-refractivity contribution in [1.29, 1.82) is 0 Å². The minimum absolute atomic E-state index is 0.0670. The first-order chi connectivity index (χ1) is 8.47. The molecule has 0 fully saturated rings. The van der Waals surface area contributed by atoms with Gasteiger partial charge in [-0.2, -0.15) is 0 Å². The molecule has 18 heavy (non-hydrogen) atoms. The van der Waals surface area contributed by atoms with E-state index >= 15 is 0 Å². The third kappa shape index (κ3) is 3.10. The van der Waals surface area contributed by atoms with Crippen molar-refractivity contribution in [2.45, 2.75) is 25.6 Å². The zero-order valence-electron chi connectivity index (χ0n) is 9.67. The van der Waals surface area contributed by atoms with E-state index in [9.17, 15) is 18.0 Å². The van der Waals surface area contributed by atoms with Gasteiger partial charge in [0.15, 0.2) is 5.78 Å². The summed E-state index contributed by atoms with van der Waals surface area (Å²) in [7, 11) is 0. The molecular weight excluding hydrogens is 245 g/mol. The molecule has 2 rings (SSSR count). The van der Waals surface area contributed by atoms with Gasteiger partial charge in [-0.25, -0.2) is 0 Å². The molecule has 1 aromatic rings. The molecule has 0 aromatic heterocycles. The minimum atomic E-state index is -4.62. The summed E-state index contributed by atoms with van der Waals surface area (Å²) in [6, 6.07) is 7.24. The van der Waals surface area contributed by atoms with Crippen LogP contribution in [-0.4, -0.2) is 18.8 Å². The number of alkyl halides is 3. The number of hydrogen-bond donors (Lipinski definition) is 0. The Morgan fingerprint density at radius 2 is 2.00 bits per heavy atom. The zero-order valence-corrected chi connectivity index (χ0v) is 9.67. The molecule has 1 aliphatic rings. The maximum absolute atomic E-state index is 12.0. The Balaban J connectivity index is 1.96. The second-order valence-electron chi connectivity index (χ2n) is 4.34. The van der Waals surface area contributed by atoms with Crippen molar-refractivity contribution in [3.63, 3.8) is 0 Å². The summed E-state index contributed by atoms with van der Waals surface area (Å²) in [5.41, 5.74) is 1.62. The fourth-order valence-corrected chi connectivity index (χ4v) is 2.25. The smallest absolute Gasteiger partial charge is 0.294 e.